The summed E-state index contributed by atoms with van der Waals surface area (Å²) in [5, 5.41) is 12.0. The first kappa shape index (κ1) is 12.8. The van der Waals surface area contributed by atoms with Gasteiger partial charge in [0.05, 0.1) is 5.92 Å². The van der Waals surface area contributed by atoms with E-state index >= 15 is 0 Å². The Balaban J connectivity index is 1.91. The molecule has 4 heteroatoms. The van der Waals surface area contributed by atoms with Crippen LogP contribution in [0.25, 0.3) is 0 Å². The number of amides is 1. The molecule has 1 amide bonds. The van der Waals surface area contributed by atoms with Crippen molar-refractivity contribution in [2.24, 2.45) is 23.5 Å². The third-order valence-corrected chi connectivity index (χ3v) is 4.60. The highest BCUT2D eigenvalue weighted by molar-refractivity contribution is 5.80. The summed E-state index contributed by atoms with van der Waals surface area (Å²) in [6.45, 7) is 2.16. The first-order chi connectivity index (χ1) is 8.17. The molecule has 2 bridgehead atoms. The number of carbonyl (C=O) groups is 1. The van der Waals surface area contributed by atoms with Crippen molar-refractivity contribution < 1.29 is 9.90 Å². The SMILES string of the molecule is CCC(CCO)NC(=O)C1C2CCC(C2)C1N. The van der Waals surface area contributed by atoms with Crippen LogP contribution in [0.3, 0.4) is 0 Å². The predicted octanol–water partition coefficient (Wildman–Crippen LogP) is 0.637. The van der Waals surface area contributed by atoms with E-state index < -0.39 is 0 Å². The minimum absolute atomic E-state index is 0.0153. The Kier molecular flexibility index (Phi) is 4.05. The summed E-state index contributed by atoms with van der Waals surface area (Å²) >= 11 is 0. The van der Waals surface area contributed by atoms with Gasteiger partial charge in [-0.15, -0.1) is 0 Å². The maximum absolute atomic E-state index is 12.2. The van der Waals surface area contributed by atoms with Crippen LogP contribution in [0.15, 0.2) is 0 Å². The molecule has 2 aliphatic carbocycles. The van der Waals surface area contributed by atoms with Gasteiger partial charge < -0.3 is 16.2 Å². The summed E-state index contributed by atoms with van der Waals surface area (Å²) in [5.74, 6) is 1.20. The van der Waals surface area contributed by atoms with Crippen LogP contribution in [0.5, 0.6) is 0 Å². The minimum atomic E-state index is 0.0153. The van der Waals surface area contributed by atoms with Crippen molar-refractivity contribution in [2.75, 3.05) is 6.61 Å². The normalized spacial score (nSPS) is 37.1. The first-order valence-corrected chi connectivity index (χ1v) is 6.84. The lowest BCUT2D eigenvalue weighted by molar-refractivity contribution is -0.127. The first-order valence-electron chi connectivity index (χ1n) is 6.84. The number of hydrogen-bond donors (Lipinski definition) is 3. The van der Waals surface area contributed by atoms with Crippen LogP contribution in [0.4, 0.5) is 0 Å². The van der Waals surface area contributed by atoms with Crippen molar-refractivity contribution in [1.29, 1.82) is 0 Å². The molecule has 0 radical (unpaired) electrons. The number of nitrogens with one attached hydrogen (secondary N) is 1. The maximum atomic E-state index is 12.2. The van der Waals surface area contributed by atoms with Gasteiger partial charge in [0.15, 0.2) is 0 Å². The fourth-order valence-electron chi connectivity index (χ4n) is 3.56. The van der Waals surface area contributed by atoms with E-state index in [1.807, 2.05) is 6.92 Å². The molecular formula is C13H24N2O2. The molecule has 2 saturated carbocycles. The molecule has 5 atom stereocenters. The van der Waals surface area contributed by atoms with Crippen LogP contribution < -0.4 is 11.1 Å². The maximum Gasteiger partial charge on any atom is 0.225 e. The fraction of sp³-hybridized carbons (Fsp3) is 0.923. The Labute approximate surface area is 103 Å². The topological polar surface area (TPSA) is 75.3 Å². The van der Waals surface area contributed by atoms with Crippen LogP contribution in [-0.4, -0.2) is 29.7 Å². The van der Waals surface area contributed by atoms with E-state index in [-0.39, 0.29) is 30.5 Å². The number of nitrogens with two attached hydrogens (primary N) is 1. The second-order valence-corrected chi connectivity index (χ2v) is 5.56. The van der Waals surface area contributed by atoms with Gasteiger partial charge in [-0.1, -0.05) is 6.92 Å². The van der Waals surface area contributed by atoms with E-state index in [1.54, 1.807) is 0 Å². The highest BCUT2D eigenvalue weighted by Crippen LogP contribution is 2.47. The molecule has 0 aromatic heterocycles. The lowest BCUT2D eigenvalue weighted by atomic mass is 9.84. The molecule has 2 fully saturated rings. The van der Waals surface area contributed by atoms with Crippen LogP contribution in [0.1, 0.15) is 39.0 Å². The van der Waals surface area contributed by atoms with Crippen LogP contribution >= 0.6 is 0 Å². The molecule has 0 spiro atoms. The Hall–Kier alpha value is -0.610. The van der Waals surface area contributed by atoms with E-state index in [4.69, 9.17) is 10.8 Å². The Bertz CT molecular complexity index is 281. The average Bonchev–Trinajstić information content (AvgIpc) is 2.88. The third-order valence-electron chi connectivity index (χ3n) is 4.60. The monoisotopic (exact) mass is 240 g/mol. The quantitative estimate of drug-likeness (QED) is 0.660. The second kappa shape index (κ2) is 5.36. The number of aliphatic hydroxyl groups excluding tert-OH is 1. The summed E-state index contributed by atoms with van der Waals surface area (Å²) in [4.78, 5) is 12.2. The third kappa shape index (κ3) is 2.47. The molecule has 0 saturated heterocycles. The molecular weight excluding hydrogens is 216 g/mol. The smallest absolute Gasteiger partial charge is 0.225 e. The van der Waals surface area contributed by atoms with E-state index in [0.29, 0.717) is 18.3 Å². The summed E-state index contributed by atoms with van der Waals surface area (Å²) in [6.07, 6.45) is 4.99. The van der Waals surface area contributed by atoms with Gasteiger partial charge in [0.2, 0.25) is 5.91 Å². The van der Waals surface area contributed by atoms with Crippen LogP contribution in [0.2, 0.25) is 0 Å². The number of rotatable bonds is 5. The van der Waals surface area contributed by atoms with Crippen molar-refractivity contribution in [3.05, 3.63) is 0 Å². The summed E-state index contributed by atoms with van der Waals surface area (Å²) < 4.78 is 0. The van der Waals surface area contributed by atoms with Crippen molar-refractivity contribution in [1.82, 2.24) is 5.32 Å². The molecule has 4 N–H and O–H groups in total. The van der Waals surface area contributed by atoms with Gasteiger partial charge in [-0.05, 0) is 43.9 Å². The van der Waals surface area contributed by atoms with Crippen LogP contribution in [-0.2, 0) is 4.79 Å². The lowest BCUT2D eigenvalue weighted by Gasteiger charge is -2.28. The standard InChI is InChI=1S/C13H24N2O2/c1-2-10(5-6-16)15-13(17)11-8-3-4-9(7-8)12(11)14/h8-12,16H,2-7,14H2,1H3,(H,15,17). The Morgan fingerprint density at radius 3 is 2.71 bits per heavy atom. The predicted molar refractivity (Wildman–Crippen MR) is 66.2 cm³/mol. The molecule has 0 heterocycles. The number of fused-ring (bicyclic) bond motifs is 2. The molecule has 0 aromatic carbocycles. The van der Waals surface area contributed by atoms with Crippen molar-refractivity contribution >= 4 is 5.91 Å². The molecule has 4 nitrogen and oxygen atoms in total. The summed E-state index contributed by atoms with van der Waals surface area (Å²) in [6, 6.07) is 0.152. The number of aliphatic hydroxyl groups is 1. The van der Waals surface area contributed by atoms with Crippen molar-refractivity contribution in [2.45, 2.75) is 51.1 Å². The molecule has 17 heavy (non-hydrogen) atoms. The summed E-state index contributed by atoms with van der Waals surface area (Å²) in [7, 11) is 0. The Morgan fingerprint density at radius 1 is 1.47 bits per heavy atom. The van der Waals surface area contributed by atoms with E-state index in [1.165, 1.54) is 6.42 Å². The second-order valence-electron chi connectivity index (χ2n) is 5.56. The van der Waals surface area contributed by atoms with Gasteiger partial charge in [-0.2, -0.15) is 0 Å². The molecule has 98 valence electrons. The van der Waals surface area contributed by atoms with Crippen LogP contribution in [0, 0.1) is 17.8 Å². The highest BCUT2D eigenvalue weighted by atomic mass is 16.3. The molecule has 0 aliphatic heterocycles. The fourth-order valence-corrected chi connectivity index (χ4v) is 3.56. The zero-order valence-electron chi connectivity index (χ0n) is 10.6. The zero-order valence-corrected chi connectivity index (χ0v) is 10.6. The van der Waals surface area contributed by atoms with E-state index in [0.717, 1.165) is 19.3 Å². The van der Waals surface area contributed by atoms with Gasteiger partial charge in [0.25, 0.3) is 0 Å². The van der Waals surface area contributed by atoms with E-state index in [9.17, 15) is 4.79 Å². The highest BCUT2D eigenvalue weighted by Gasteiger charge is 2.49. The van der Waals surface area contributed by atoms with Gasteiger partial charge in [0.1, 0.15) is 0 Å². The molecule has 2 rings (SSSR count). The van der Waals surface area contributed by atoms with Crippen molar-refractivity contribution in [3.63, 3.8) is 0 Å². The van der Waals surface area contributed by atoms with Gasteiger partial charge in [-0.3, -0.25) is 4.79 Å². The molecule has 5 unspecified atom stereocenters. The van der Waals surface area contributed by atoms with Gasteiger partial charge in [0, 0.05) is 18.7 Å². The largest absolute Gasteiger partial charge is 0.396 e. The van der Waals surface area contributed by atoms with E-state index in [2.05, 4.69) is 5.32 Å². The lowest BCUT2D eigenvalue weighted by Crippen LogP contribution is -2.48. The minimum Gasteiger partial charge on any atom is -0.396 e. The average molecular weight is 240 g/mol. The zero-order chi connectivity index (χ0) is 12.4. The van der Waals surface area contributed by atoms with Gasteiger partial charge >= 0.3 is 0 Å². The Morgan fingerprint density at radius 2 is 2.18 bits per heavy atom. The number of hydrogen-bond acceptors (Lipinski definition) is 3. The summed E-state index contributed by atoms with van der Waals surface area (Å²) in [5.41, 5.74) is 6.15. The molecule has 2 aliphatic rings. The molecule has 0 aromatic rings. The van der Waals surface area contributed by atoms with Gasteiger partial charge in [-0.25, -0.2) is 0 Å². The number of carbonyl (C=O) groups excluding carboxylic acids is 1. The van der Waals surface area contributed by atoms with Crippen molar-refractivity contribution in [3.8, 4) is 0 Å².